The summed E-state index contributed by atoms with van der Waals surface area (Å²) >= 11 is 5.96. The summed E-state index contributed by atoms with van der Waals surface area (Å²) in [5.41, 5.74) is 3.07. The third-order valence-electron chi connectivity index (χ3n) is 3.35. The van der Waals surface area contributed by atoms with Crippen LogP contribution in [0.15, 0.2) is 35.3 Å². The Morgan fingerprint density at radius 3 is 2.62 bits per heavy atom. The molecule has 0 saturated heterocycles. The van der Waals surface area contributed by atoms with Crippen LogP contribution in [0.1, 0.15) is 23.2 Å². The molecule has 0 atom stereocenters. The van der Waals surface area contributed by atoms with Crippen LogP contribution in [0.25, 0.3) is 5.69 Å². The Bertz CT molecular complexity index is 750. The van der Waals surface area contributed by atoms with Gasteiger partial charge in [0.1, 0.15) is 0 Å². The van der Waals surface area contributed by atoms with E-state index < -0.39 is 5.97 Å². The van der Waals surface area contributed by atoms with Crippen LogP contribution in [0.3, 0.4) is 0 Å². The standard InChI is InChI=1S/C16H16ClNO3/c1-10-7-13(17)4-5-14(10)18-9-12(3-6-16(20)21)15(19)8-11(18)2/h4-5,7-9H,3,6H2,1-2H3,(H,20,21). The van der Waals surface area contributed by atoms with Crippen molar-refractivity contribution in [2.75, 3.05) is 0 Å². The molecule has 0 bridgehead atoms. The summed E-state index contributed by atoms with van der Waals surface area (Å²) in [4.78, 5) is 22.6. The zero-order valence-corrected chi connectivity index (χ0v) is 12.6. The predicted octanol–water partition coefficient (Wildman–Crippen LogP) is 3.12. The first-order chi connectivity index (χ1) is 9.88. The molecule has 1 aromatic carbocycles. The summed E-state index contributed by atoms with van der Waals surface area (Å²) in [7, 11) is 0. The molecule has 1 heterocycles. The first-order valence-corrected chi connectivity index (χ1v) is 6.97. The number of hydrogen-bond donors (Lipinski definition) is 1. The molecule has 0 aliphatic heterocycles. The average Bonchev–Trinajstić information content (AvgIpc) is 2.38. The number of carboxylic acids is 1. The van der Waals surface area contributed by atoms with Gasteiger partial charge in [-0.1, -0.05) is 11.6 Å². The molecular formula is C16H16ClNO3. The molecular weight excluding hydrogens is 290 g/mol. The average molecular weight is 306 g/mol. The van der Waals surface area contributed by atoms with E-state index in [2.05, 4.69) is 0 Å². The molecule has 0 fully saturated rings. The topological polar surface area (TPSA) is 59.3 Å². The van der Waals surface area contributed by atoms with Gasteiger partial charge in [-0.3, -0.25) is 9.59 Å². The fraction of sp³-hybridized carbons (Fsp3) is 0.250. The van der Waals surface area contributed by atoms with Crippen LogP contribution in [-0.2, 0) is 11.2 Å². The highest BCUT2D eigenvalue weighted by atomic mass is 35.5. The molecule has 5 heteroatoms. The van der Waals surface area contributed by atoms with E-state index >= 15 is 0 Å². The van der Waals surface area contributed by atoms with Crippen LogP contribution >= 0.6 is 11.6 Å². The van der Waals surface area contributed by atoms with Gasteiger partial charge in [0.25, 0.3) is 0 Å². The number of aromatic nitrogens is 1. The lowest BCUT2D eigenvalue weighted by atomic mass is 10.1. The van der Waals surface area contributed by atoms with Gasteiger partial charge in [0, 0.05) is 40.7 Å². The molecule has 0 amide bonds. The van der Waals surface area contributed by atoms with E-state index in [1.54, 1.807) is 12.3 Å². The molecule has 0 spiro atoms. The van der Waals surface area contributed by atoms with Crippen molar-refractivity contribution in [3.63, 3.8) is 0 Å². The Morgan fingerprint density at radius 1 is 1.29 bits per heavy atom. The summed E-state index contributed by atoms with van der Waals surface area (Å²) in [6.07, 6.45) is 1.88. The number of benzene rings is 1. The van der Waals surface area contributed by atoms with Gasteiger partial charge in [0.15, 0.2) is 5.43 Å². The molecule has 0 aliphatic carbocycles. The number of halogens is 1. The molecule has 0 radical (unpaired) electrons. The van der Waals surface area contributed by atoms with Crippen molar-refractivity contribution in [2.45, 2.75) is 26.7 Å². The Hall–Kier alpha value is -2.07. The van der Waals surface area contributed by atoms with E-state index in [0.717, 1.165) is 16.9 Å². The van der Waals surface area contributed by atoms with Crippen LogP contribution in [0.4, 0.5) is 0 Å². The molecule has 4 nitrogen and oxygen atoms in total. The molecule has 2 rings (SSSR count). The molecule has 0 unspecified atom stereocenters. The van der Waals surface area contributed by atoms with Crippen molar-refractivity contribution in [1.82, 2.24) is 4.57 Å². The Morgan fingerprint density at radius 2 is 2.00 bits per heavy atom. The first-order valence-electron chi connectivity index (χ1n) is 6.59. The fourth-order valence-electron chi connectivity index (χ4n) is 2.25. The second-order valence-electron chi connectivity index (χ2n) is 5.00. The molecule has 2 aromatic rings. The lowest BCUT2D eigenvalue weighted by Crippen LogP contribution is -2.15. The predicted molar refractivity (Wildman–Crippen MR) is 82.5 cm³/mol. The number of nitrogens with zero attached hydrogens (tertiary/aromatic N) is 1. The first kappa shape index (κ1) is 15.3. The maximum Gasteiger partial charge on any atom is 0.303 e. The largest absolute Gasteiger partial charge is 0.481 e. The molecule has 0 saturated carbocycles. The third-order valence-corrected chi connectivity index (χ3v) is 3.58. The lowest BCUT2D eigenvalue weighted by Gasteiger charge is -2.15. The summed E-state index contributed by atoms with van der Waals surface area (Å²) in [6, 6.07) is 7.06. The Balaban J connectivity index is 2.50. The van der Waals surface area contributed by atoms with Crippen molar-refractivity contribution < 1.29 is 9.90 Å². The number of rotatable bonds is 4. The highest BCUT2D eigenvalue weighted by molar-refractivity contribution is 6.30. The monoisotopic (exact) mass is 305 g/mol. The van der Waals surface area contributed by atoms with Crippen molar-refractivity contribution in [3.8, 4) is 5.69 Å². The quantitative estimate of drug-likeness (QED) is 0.944. The minimum absolute atomic E-state index is 0.0576. The third kappa shape index (κ3) is 3.52. The summed E-state index contributed by atoms with van der Waals surface area (Å²) in [5.74, 6) is -0.913. The molecule has 21 heavy (non-hydrogen) atoms. The van der Waals surface area contributed by atoms with Gasteiger partial charge in [0.2, 0.25) is 0 Å². The van der Waals surface area contributed by atoms with E-state index in [4.69, 9.17) is 16.7 Å². The van der Waals surface area contributed by atoms with Gasteiger partial charge in [-0.25, -0.2) is 0 Å². The number of carbonyl (C=O) groups is 1. The minimum atomic E-state index is -0.913. The van der Waals surface area contributed by atoms with Crippen molar-refractivity contribution in [1.29, 1.82) is 0 Å². The van der Waals surface area contributed by atoms with Gasteiger partial charge in [-0.05, 0) is 44.0 Å². The number of hydrogen-bond acceptors (Lipinski definition) is 2. The van der Waals surface area contributed by atoms with E-state index in [1.165, 1.54) is 6.07 Å². The van der Waals surface area contributed by atoms with Gasteiger partial charge in [0.05, 0.1) is 0 Å². The SMILES string of the molecule is Cc1cc(Cl)ccc1-n1cc(CCC(=O)O)c(=O)cc1C. The van der Waals surface area contributed by atoms with Crippen molar-refractivity contribution in [3.05, 3.63) is 62.5 Å². The molecule has 1 aromatic heterocycles. The van der Waals surface area contributed by atoms with Crippen LogP contribution in [0.2, 0.25) is 5.02 Å². The van der Waals surface area contributed by atoms with Crippen LogP contribution < -0.4 is 5.43 Å². The summed E-state index contributed by atoms with van der Waals surface area (Å²) < 4.78 is 1.89. The summed E-state index contributed by atoms with van der Waals surface area (Å²) in [6.45, 7) is 3.78. The van der Waals surface area contributed by atoms with E-state index in [0.29, 0.717) is 10.6 Å². The number of aryl methyl sites for hydroxylation is 3. The van der Waals surface area contributed by atoms with Gasteiger partial charge in [-0.2, -0.15) is 0 Å². The minimum Gasteiger partial charge on any atom is -0.481 e. The van der Waals surface area contributed by atoms with Crippen LogP contribution in [0, 0.1) is 13.8 Å². The Kier molecular flexibility index (Phi) is 4.48. The van der Waals surface area contributed by atoms with Crippen molar-refractivity contribution in [2.24, 2.45) is 0 Å². The van der Waals surface area contributed by atoms with Crippen LogP contribution in [0.5, 0.6) is 0 Å². The van der Waals surface area contributed by atoms with E-state index in [-0.39, 0.29) is 18.3 Å². The maximum absolute atomic E-state index is 11.9. The van der Waals surface area contributed by atoms with Gasteiger partial charge < -0.3 is 9.67 Å². The second-order valence-corrected chi connectivity index (χ2v) is 5.44. The van der Waals surface area contributed by atoms with Gasteiger partial charge >= 0.3 is 5.97 Å². The molecule has 1 N–H and O–H groups in total. The smallest absolute Gasteiger partial charge is 0.303 e. The van der Waals surface area contributed by atoms with Crippen molar-refractivity contribution >= 4 is 17.6 Å². The maximum atomic E-state index is 11.9. The van der Waals surface area contributed by atoms with Crippen LogP contribution in [-0.4, -0.2) is 15.6 Å². The zero-order valence-electron chi connectivity index (χ0n) is 11.9. The zero-order chi connectivity index (χ0) is 15.6. The fourth-order valence-corrected chi connectivity index (χ4v) is 2.48. The van der Waals surface area contributed by atoms with E-state index in [1.807, 2.05) is 30.5 Å². The highest BCUT2D eigenvalue weighted by Gasteiger charge is 2.09. The second kappa shape index (κ2) is 6.14. The summed E-state index contributed by atoms with van der Waals surface area (Å²) in [5, 5.41) is 9.41. The molecule has 110 valence electrons. The normalized spacial score (nSPS) is 10.6. The highest BCUT2D eigenvalue weighted by Crippen LogP contribution is 2.20. The number of carboxylic acid groups (broad SMARTS) is 1. The number of aliphatic carboxylic acids is 1. The Labute approximate surface area is 127 Å². The lowest BCUT2D eigenvalue weighted by molar-refractivity contribution is -0.136. The van der Waals surface area contributed by atoms with Gasteiger partial charge in [-0.15, -0.1) is 0 Å². The van der Waals surface area contributed by atoms with E-state index in [9.17, 15) is 9.59 Å². The number of pyridine rings is 1. The molecule has 0 aliphatic rings.